The molecule has 3 aromatic carbocycles. The zero-order valence-corrected chi connectivity index (χ0v) is 23.5. The Labute approximate surface area is 240 Å². The Hall–Kier alpha value is -4.05. The number of benzene rings is 3. The second-order valence-electron chi connectivity index (χ2n) is 10.7. The lowest BCUT2D eigenvalue weighted by Crippen LogP contribution is -2.56. The monoisotopic (exact) mass is 555 g/mol. The summed E-state index contributed by atoms with van der Waals surface area (Å²) in [5, 5.41) is 27.9. The maximum absolute atomic E-state index is 10.6. The third-order valence-electron chi connectivity index (χ3n) is 7.63. The van der Waals surface area contributed by atoms with E-state index in [9.17, 15) is 9.90 Å². The number of hydrogen-bond donors (Lipinski definition) is 2. The van der Waals surface area contributed by atoms with E-state index in [4.69, 9.17) is 9.84 Å². The number of carboxylic acids is 1. The number of aliphatic carboxylic acids is 1. The Balaban J connectivity index is 1.34. The molecule has 1 aliphatic rings. The molecule has 5 rings (SSSR count). The van der Waals surface area contributed by atoms with Gasteiger partial charge in [-0.25, -0.2) is 4.79 Å². The molecule has 0 amide bonds. The molecule has 41 heavy (non-hydrogen) atoms. The first-order valence-electron chi connectivity index (χ1n) is 14.0. The highest BCUT2D eigenvalue weighted by Gasteiger charge is 2.35. The quantitative estimate of drug-likeness (QED) is 0.262. The van der Waals surface area contributed by atoms with Crippen molar-refractivity contribution in [1.29, 1.82) is 0 Å². The van der Waals surface area contributed by atoms with Gasteiger partial charge in [-0.1, -0.05) is 66.7 Å². The van der Waals surface area contributed by atoms with E-state index in [1.54, 1.807) is 12.3 Å². The second kappa shape index (κ2) is 13.1. The van der Waals surface area contributed by atoms with E-state index in [-0.39, 0.29) is 25.0 Å². The molecule has 2 N–H and O–H groups in total. The first-order chi connectivity index (χ1) is 19.9. The predicted molar refractivity (Wildman–Crippen MR) is 156 cm³/mol. The molecule has 0 aliphatic carbocycles. The van der Waals surface area contributed by atoms with Crippen molar-refractivity contribution in [2.75, 3.05) is 26.3 Å². The van der Waals surface area contributed by atoms with Gasteiger partial charge in [0, 0.05) is 37.3 Å². The van der Waals surface area contributed by atoms with Crippen molar-refractivity contribution >= 4 is 5.97 Å². The van der Waals surface area contributed by atoms with Gasteiger partial charge in [0.2, 0.25) is 0 Å². The van der Waals surface area contributed by atoms with Crippen LogP contribution in [0.25, 0.3) is 11.3 Å². The molecule has 2 heterocycles. The van der Waals surface area contributed by atoms with Gasteiger partial charge in [-0.15, -0.1) is 0 Å². The Morgan fingerprint density at radius 2 is 1.76 bits per heavy atom. The van der Waals surface area contributed by atoms with E-state index < -0.39 is 5.97 Å². The molecule has 0 saturated carbocycles. The molecule has 9 heteroatoms. The Kier molecular flexibility index (Phi) is 9.08. The molecule has 0 spiro atoms. The van der Waals surface area contributed by atoms with Crippen molar-refractivity contribution in [3.05, 3.63) is 102 Å². The van der Waals surface area contributed by atoms with E-state index in [0.29, 0.717) is 18.6 Å². The second-order valence-corrected chi connectivity index (χ2v) is 10.7. The van der Waals surface area contributed by atoms with E-state index >= 15 is 0 Å². The van der Waals surface area contributed by atoms with Gasteiger partial charge in [-0.05, 0) is 42.7 Å². The van der Waals surface area contributed by atoms with Crippen LogP contribution in [0, 0.1) is 0 Å². The number of piperazine rings is 1. The van der Waals surface area contributed by atoms with Crippen molar-refractivity contribution in [3.63, 3.8) is 0 Å². The van der Waals surface area contributed by atoms with Gasteiger partial charge in [0.05, 0.1) is 25.4 Å². The van der Waals surface area contributed by atoms with Crippen molar-refractivity contribution in [2.24, 2.45) is 0 Å². The summed E-state index contributed by atoms with van der Waals surface area (Å²) in [6, 6.07) is 27.2. The average Bonchev–Trinajstić information content (AvgIpc) is 3.44. The van der Waals surface area contributed by atoms with Crippen LogP contribution in [-0.4, -0.2) is 79.4 Å². The maximum Gasteiger partial charge on any atom is 0.329 e. The molecule has 0 radical (unpaired) electrons. The van der Waals surface area contributed by atoms with Crippen LogP contribution in [0.2, 0.25) is 0 Å². The van der Waals surface area contributed by atoms with Crippen LogP contribution in [-0.2, 0) is 22.6 Å². The van der Waals surface area contributed by atoms with Gasteiger partial charge < -0.3 is 14.9 Å². The molecule has 1 fully saturated rings. The zero-order chi connectivity index (χ0) is 28.8. The summed E-state index contributed by atoms with van der Waals surface area (Å²) in [5.41, 5.74) is 5.20. The topological polar surface area (TPSA) is 104 Å². The molecule has 1 aliphatic heterocycles. The average molecular weight is 556 g/mol. The minimum Gasteiger partial charge on any atom is -0.508 e. The fourth-order valence-corrected chi connectivity index (χ4v) is 5.57. The Morgan fingerprint density at radius 1 is 0.976 bits per heavy atom. The fraction of sp³-hybridized carbons (Fsp3) is 0.344. The van der Waals surface area contributed by atoms with Crippen LogP contribution in [0.5, 0.6) is 5.75 Å². The number of nitrogens with zero attached hydrogens (tertiary/aromatic N) is 5. The minimum atomic E-state index is -0.999. The minimum absolute atomic E-state index is 0.0189. The molecule has 1 aromatic heterocycles. The molecule has 3 atom stereocenters. The van der Waals surface area contributed by atoms with Crippen molar-refractivity contribution < 1.29 is 19.7 Å². The van der Waals surface area contributed by atoms with Crippen molar-refractivity contribution in [2.45, 2.75) is 45.1 Å². The summed E-state index contributed by atoms with van der Waals surface area (Å²) >= 11 is 0. The lowest BCUT2D eigenvalue weighted by atomic mass is 9.92. The van der Waals surface area contributed by atoms with Crippen LogP contribution < -0.4 is 0 Å². The number of rotatable bonds is 11. The largest absolute Gasteiger partial charge is 0.508 e. The summed E-state index contributed by atoms with van der Waals surface area (Å²) in [7, 11) is 0. The van der Waals surface area contributed by atoms with Gasteiger partial charge >= 0.3 is 5.97 Å². The number of aromatic hydroxyl groups is 1. The standard InChI is InChI=1S/C32H37N5O4/c1-23-20-36(24(2)19-35(23)21-25-7-4-3-5-8-25)32(28-9-6-10-29(38)17-28)27-13-11-26(12-14-27)30-18-33-37(34-30)15-16-41-22-31(39)40/h3-14,17-18,23-24,32,38H,15-16,19-22H2,1-2H3,(H,39,40)/t23-,24+,32-/m1/s1. The molecule has 9 nitrogen and oxygen atoms in total. The molecule has 0 bridgehead atoms. The SMILES string of the molecule is C[C@@H]1CN([C@H](c2ccc(-c3cnn(CCOCC(=O)O)n3)cc2)c2cccc(O)c2)[C@@H](C)CN1Cc1ccccc1. The highest BCUT2D eigenvalue weighted by atomic mass is 16.5. The smallest absolute Gasteiger partial charge is 0.329 e. The highest BCUT2D eigenvalue weighted by Crippen LogP contribution is 2.35. The van der Waals surface area contributed by atoms with Crippen molar-refractivity contribution in [3.8, 4) is 17.0 Å². The molecular formula is C32H37N5O4. The molecule has 1 saturated heterocycles. The fourth-order valence-electron chi connectivity index (χ4n) is 5.57. The summed E-state index contributed by atoms with van der Waals surface area (Å²) in [4.78, 5) is 17.2. The molecule has 214 valence electrons. The first-order valence-corrected chi connectivity index (χ1v) is 14.0. The number of carbonyl (C=O) groups is 1. The first kappa shape index (κ1) is 28.5. The van der Waals surface area contributed by atoms with E-state index in [1.807, 2.05) is 12.1 Å². The van der Waals surface area contributed by atoms with Gasteiger partial charge in [0.15, 0.2) is 0 Å². The van der Waals surface area contributed by atoms with Gasteiger partial charge in [-0.2, -0.15) is 15.0 Å². The summed E-state index contributed by atoms with van der Waals surface area (Å²) < 4.78 is 5.09. The lowest BCUT2D eigenvalue weighted by Gasteiger charge is -2.47. The van der Waals surface area contributed by atoms with Gasteiger partial charge in [0.25, 0.3) is 0 Å². The third kappa shape index (κ3) is 7.18. The van der Waals surface area contributed by atoms with Gasteiger partial charge in [0.1, 0.15) is 18.1 Å². The number of ether oxygens (including phenoxy) is 1. The Bertz CT molecular complexity index is 1430. The summed E-state index contributed by atoms with van der Waals surface area (Å²) in [6.07, 6.45) is 1.70. The van der Waals surface area contributed by atoms with Gasteiger partial charge in [-0.3, -0.25) is 9.80 Å². The molecule has 0 unspecified atom stereocenters. The third-order valence-corrected chi connectivity index (χ3v) is 7.63. The Morgan fingerprint density at radius 3 is 2.49 bits per heavy atom. The van der Waals surface area contributed by atoms with Crippen LogP contribution in [0.4, 0.5) is 0 Å². The zero-order valence-electron chi connectivity index (χ0n) is 23.5. The van der Waals surface area contributed by atoms with Crippen LogP contribution in [0.3, 0.4) is 0 Å². The summed E-state index contributed by atoms with van der Waals surface area (Å²) in [5.74, 6) is -0.738. The van der Waals surface area contributed by atoms with Crippen LogP contribution in [0.15, 0.2) is 85.1 Å². The predicted octanol–water partition coefficient (Wildman–Crippen LogP) is 4.44. The molecular weight excluding hydrogens is 518 g/mol. The van der Waals surface area contributed by atoms with Crippen LogP contribution >= 0.6 is 0 Å². The van der Waals surface area contributed by atoms with Crippen molar-refractivity contribution in [1.82, 2.24) is 24.8 Å². The number of phenols is 1. The van der Waals surface area contributed by atoms with E-state index in [1.165, 1.54) is 10.4 Å². The van der Waals surface area contributed by atoms with E-state index in [2.05, 4.69) is 94.5 Å². The lowest BCUT2D eigenvalue weighted by molar-refractivity contribution is -0.142. The highest BCUT2D eigenvalue weighted by molar-refractivity contribution is 5.68. The summed E-state index contributed by atoms with van der Waals surface area (Å²) in [6.45, 7) is 7.61. The maximum atomic E-state index is 10.6. The normalized spacial score (nSPS) is 18.8. The number of hydrogen-bond acceptors (Lipinski definition) is 7. The number of phenolic OH excluding ortho intramolecular Hbond substituents is 1. The van der Waals surface area contributed by atoms with E-state index in [0.717, 1.165) is 42.0 Å². The number of aromatic nitrogens is 3. The molecule has 4 aromatic rings. The number of carboxylic acid groups (broad SMARTS) is 1. The van der Waals surface area contributed by atoms with Crippen LogP contribution in [0.1, 0.15) is 36.6 Å².